The Balaban J connectivity index is 2.36. The van der Waals surface area contributed by atoms with Crippen LogP contribution in [0.15, 0.2) is 18.2 Å². The molecule has 18 heavy (non-hydrogen) atoms. The number of hydrogen-bond acceptors (Lipinski definition) is 4. The average Bonchev–Trinajstić information content (AvgIpc) is 2.29. The highest BCUT2D eigenvalue weighted by Crippen LogP contribution is 2.27. The van der Waals surface area contributed by atoms with Gasteiger partial charge in [-0.25, -0.2) is 8.42 Å². The molecule has 0 bridgehead atoms. The van der Waals surface area contributed by atoms with E-state index in [2.05, 4.69) is 6.07 Å². The Kier molecular flexibility index (Phi) is 3.51. The van der Waals surface area contributed by atoms with E-state index in [1.807, 2.05) is 11.8 Å². The zero-order valence-corrected chi connectivity index (χ0v) is 11.5. The molecule has 1 aliphatic rings. The molecule has 0 aromatic heterocycles. The first-order chi connectivity index (χ1) is 8.43. The summed E-state index contributed by atoms with van der Waals surface area (Å²) < 4.78 is 23.1. The molecule has 1 aromatic carbocycles. The first-order valence-corrected chi connectivity index (χ1v) is 7.79. The van der Waals surface area contributed by atoms with E-state index in [0.29, 0.717) is 17.1 Å². The van der Waals surface area contributed by atoms with E-state index in [1.54, 1.807) is 18.2 Å². The molecule has 1 aliphatic heterocycles. The van der Waals surface area contributed by atoms with Crippen molar-refractivity contribution in [2.45, 2.75) is 13.0 Å². The molecule has 1 atom stereocenters. The van der Waals surface area contributed by atoms with Crippen LogP contribution in [-0.4, -0.2) is 32.5 Å². The van der Waals surface area contributed by atoms with Crippen molar-refractivity contribution >= 4 is 27.1 Å². The molecule has 4 nitrogen and oxygen atoms in total. The fraction of sp³-hybridized carbons (Fsp3) is 0.417. The lowest BCUT2D eigenvalue weighted by Gasteiger charge is -2.35. The maximum atomic E-state index is 11.5. The van der Waals surface area contributed by atoms with E-state index >= 15 is 0 Å². The molecule has 0 aliphatic carbocycles. The van der Waals surface area contributed by atoms with Crippen LogP contribution in [-0.2, 0) is 9.84 Å². The third-order valence-electron chi connectivity index (χ3n) is 3.06. The Morgan fingerprint density at radius 2 is 2.22 bits per heavy atom. The third-order valence-corrected chi connectivity index (χ3v) is 5.09. The fourth-order valence-corrected chi connectivity index (χ4v) is 3.93. The van der Waals surface area contributed by atoms with E-state index in [4.69, 9.17) is 16.9 Å². The van der Waals surface area contributed by atoms with Crippen LogP contribution in [0.1, 0.15) is 12.5 Å². The first kappa shape index (κ1) is 13.2. The van der Waals surface area contributed by atoms with Crippen LogP contribution in [0, 0.1) is 11.3 Å². The zero-order valence-electron chi connectivity index (χ0n) is 9.93. The second kappa shape index (κ2) is 4.79. The number of nitrogens with zero attached hydrogens (tertiary/aromatic N) is 2. The van der Waals surface area contributed by atoms with Gasteiger partial charge in [0.05, 0.1) is 22.8 Å². The van der Waals surface area contributed by atoms with Gasteiger partial charge < -0.3 is 4.90 Å². The van der Waals surface area contributed by atoms with Crippen LogP contribution in [0.25, 0.3) is 0 Å². The summed E-state index contributed by atoms with van der Waals surface area (Å²) in [6, 6.07) is 7.06. The zero-order chi connectivity index (χ0) is 13.3. The molecule has 0 spiro atoms. The number of benzene rings is 1. The number of sulfone groups is 1. The summed E-state index contributed by atoms with van der Waals surface area (Å²) >= 11 is 5.85. The SMILES string of the molecule is CC1CS(=O)(=O)CCN1c1ccc(Cl)cc1C#N. The van der Waals surface area contributed by atoms with Crippen molar-refractivity contribution in [3.8, 4) is 6.07 Å². The van der Waals surface area contributed by atoms with Gasteiger partial charge in [-0.15, -0.1) is 0 Å². The lowest BCUT2D eigenvalue weighted by molar-refractivity contribution is 0.568. The van der Waals surface area contributed by atoms with Gasteiger partial charge in [-0.1, -0.05) is 11.6 Å². The Morgan fingerprint density at radius 3 is 2.83 bits per heavy atom. The van der Waals surface area contributed by atoms with Crippen molar-refractivity contribution in [2.24, 2.45) is 0 Å². The topological polar surface area (TPSA) is 61.2 Å². The molecule has 0 radical (unpaired) electrons. The quantitative estimate of drug-likeness (QED) is 0.789. The molecule has 6 heteroatoms. The number of halogens is 1. The molecule has 1 unspecified atom stereocenters. The number of hydrogen-bond donors (Lipinski definition) is 0. The molecule has 1 fully saturated rings. The van der Waals surface area contributed by atoms with Crippen LogP contribution in [0.4, 0.5) is 5.69 Å². The molecule has 1 heterocycles. The van der Waals surface area contributed by atoms with Crippen molar-refractivity contribution in [2.75, 3.05) is 23.0 Å². The van der Waals surface area contributed by atoms with Crippen LogP contribution in [0.3, 0.4) is 0 Å². The van der Waals surface area contributed by atoms with E-state index in [9.17, 15) is 8.42 Å². The summed E-state index contributed by atoms with van der Waals surface area (Å²) in [6.07, 6.45) is 0. The number of nitriles is 1. The minimum absolute atomic E-state index is 0.125. The van der Waals surface area contributed by atoms with Crippen molar-refractivity contribution in [1.82, 2.24) is 0 Å². The Bertz CT molecular complexity index is 607. The summed E-state index contributed by atoms with van der Waals surface area (Å²) in [5.74, 6) is 0.255. The van der Waals surface area contributed by atoms with Crippen LogP contribution < -0.4 is 4.90 Å². The first-order valence-electron chi connectivity index (χ1n) is 5.59. The summed E-state index contributed by atoms with van der Waals surface area (Å²) in [7, 11) is -2.95. The lowest BCUT2D eigenvalue weighted by Crippen LogP contribution is -2.47. The van der Waals surface area contributed by atoms with Crippen molar-refractivity contribution < 1.29 is 8.42 Å². The smallest absolute Gasteiger partial charge is 0.154 e. The Labute approximate surface area is 112 Å². The van der Waals surface area contributed by atoms with Gasteiger partial charge in [-0.05, 0) is 25.1 Å². The molecular weight excluding hydrogens is 272 g/mol. The predicted molar refractivity (Wildman–Crippen MR) is 71.6 cm³/mol. The van der Waals surface area contributed by atoms with Gasteiger partial charge >= 0.3 is 0 Å². The minimum atomic E-state index is -2.95. The van der Waals surface area contributed by atoms with E-state index in [0.717, 1.165) is 5.69 Å². The molecule has 0 amide bonds. The van der Waals surface area contributed by atoms with E-state index < -0.39 is 9.84 Å². The van der Waals surface area contributed by atoms with Crippen molar-refractivity contribution in [3.05, 3.63) is 28.8 Å². The lowest BCUT2D eigenvalue weighted by atomic mass is 10.1. The predicted octanol–water partition coefficient (Wildman–Crippen LogP) is 1.83. The van der Waals surface area contributed by atoms with Gasteiger partial charge in [-0.3, -0.25) is 0 Å². The molecule has 1 aromatic rings. The molecule has 1 saturated heterocycles. The molecule has 0 N–H and O–H groups in total. The highest BCUT2D eigenvalue weighted by atomic mass is 35.5. The maximum Gasteiger partial charge on any atom is 0.154 e. The number of anilines is 1. The van der Waals surface area contributed by atoms with Gasteiger partial charge in [-0.2, -0.15) is 5.26 Å². The number of rotatable bonds is 1. The van der Waals surface area contributed by atoms with Crippen molar-refractivity contribution in [1.29, 1.82) is 5.26 Å². The van der Waals surface area contributed by atoms with Gasteiger partial charge in [0, 0.05) is 17.6 Å². The summed E-state index contributed by atoms with van der Waals surface area (Å²) in [6.45, 7) is 2.27. The highest BCUT2D eigenvalue weighted by Gasteiger charge is 2.29. The second-order valence-corrected chi connectivity index (χ2v) is 7.10. The van der Waals surface area contributed by atoms with Gasteiger partial charge in [0.15, 0.2) is 9.84 Å². The van der Waals surface area contributed by atoms with Gasteiger partial charge in [0.25, 0.3) is 0 Å². The summed E-state index contributed by atoms with van der Waals surface area (Å²) in [4.78, 5) is 1.95. The average molecular weight is 285 g/mol. The van der Waals surface area contributed by atoms with E-state index in [1.165, 1.54) is 0 Å². The van der Waals surface area contributed by atoms with Crippen LogP contribution in [0.5, 0.6) is 0 Å². The summed E-state index contributed by atoms with van der Waals surface area (Å²) in [5.41, 5.74) is 1.23. The van der Waals surface area contributed by atoms with Crippen LogP contribution in [0.2, 0.25) is 5.02 Å². The molecule has 2 rings (SSSR count). The Morgan fingerprint density at radius 1 is 1.50 bits per heavy atom. The normalized spacial score (nSPS) is 22.5. The second-order valence-electron chi connectivity index (χ2n) is 4.43. The minimum Gasteiger partial charge on any atom is -0.366 e. The monoisotopic (exact) mass is 284 g/mol. The third kappa shape index (κ3) is 2.60. The Hall–Kier alpha value is -1.25. The maximum absolute atomic E-state index is 11.5. The van der Waals surface area contributed by atoms with Crippen LogP contribution >= 0.6 is 11.6 Å². The van der Waals surface area contributed by atoms with Crippen molar-refractivity contribution in [3.63, 3.8) is 0 Å². The summed E-state index contributed by atoms with van der Waals surface area (Å²) in [5, 5.41) is 9.62. The molecule has 0 saturated carbocycles. The standard InChI is InChI=1S/C12H13ClN2O2S/c1-9-8-18(16,17)5-4-15(9)12-3-2-11(13)6-10(12)7-14/h2-3,6,9H,4-5,8H2,1H3. The molecule has 96 valence electrons. The highest BCUT2D eigenvalue weighted by molar-refractivity contribution is 7.91. The van der Waals surface area contributed by atoms with Gasteiger partial charge in [0.1, 0.15) is 6.07 Å². The van der Waals surface area contributed by atoms with Gasteiger partial charge in [0.2, 0.25) is 0 Å². The molecular formula is C12H13ClN2O2S. The largest absolute Gasteiger partial charge is 0.366 e. The fourth-order valence-electron chi connectivity index (χ4n) is 2.20. The van der Waals surface area contributed by atoms with E-state index in [-0.39, 0.29) is 17.5 Å².